The van der Waals surface area contributed by atoms with Crippen molar-refractivity contribution in [2.24, 2.45) is 16.6 Å². The standard InChI is InChI=1S/C24H20F4N8O2S/c1-10-32-17(38-36-10)9-37-16-8-31-19-14(34-16)3-4-30-20(19)33-11-5-12(18(26)13(25)6-11)23(2)15-7-24(15,21(27)28)39-22(29)35-23/h3-6,8,15,21H,7,9H2,1-2H3,(H2,29,35)(H,30,33)/t15-,23-,24-/m0/s1. The largest absolute Gasteiger partial charge is 0.466 e. The van der Waals surface area contributed by atoms with Crippen molar-refractivity contribution in [3.05, 3.63) is 59.5 Å². The molecule has 0 radical (unpaired) electrons. The quantitative estimate of drug-likeness (QED) is 0.308. The summed E-state index contributed by atoms with van der Waals surface area (Å²) in [5.41, 5.74) is 5.05. The maximum absolute atomic E-state index is 15.1. The van der Waals surface area contributed by atoms with E-state index in [1.165, 1.54) is 25.4 Å². The topological polar surface area (TPSA) is 137 Å². The summed E-state index contributed by atoms with van der Waals surface area (Å²) in [6, 6.07) is 3.87. The SMILES string of the molecule is Cc1noc(COc2cnc3c(Nc4cc(F)c(F)c([C@]5(C)N=C(N)S[C@@]6(C(F)F)C[C@@H]56)c4)nccc3n2)n1. The lowest BCUT2D eigenvalue weighted by molar-refractivity contribution is 0.123. The number of fused-ring (bicyclic) bond motifs is 2. The molecule has 1 aromatic carbocycles. The Morgan fingerprint density at radius 3 is 2.82 bits per heavy atom. The molecular formula is C24H20F4N8O2S. The van der Waals surface area contributed by atoms with Crippen LogP contribution in [0.4, 0.5) is 29.1 Å². The average Bonchev–Trinajstić information content (AvgIpc) is 3.51. The third-order valence-electron chi connectivity index (χ3n) is 6.82. The van der Waals surface area contributed by atoms with Crippen molar-refractivity contribution < 1.29 is 26.8 Å². The molecular weight excluding hydrogens is 540 g/mol. The Kier molecular flexibility index (Phi) is 5.86. The minimum Gasteiger partial charge on any atom is -0.466 e. The van der Waals surface area contributed by atoms with Crippen molar-refractivity contribution in [3.63, 3.8) is 0 Å². The van der Waals surface area contributed by atoms with Gasteiger partial charge in [-0.3, -0.25) is 4.99 Å². The number of aryl methyl sites for hydroxylation is 1. The van der Waals surface area contributed by atoms with Crippen LogP contribution in [-0.4, -0.2) is 41.4 Å². The summed E-state index contributed by atoms with van der Waals surface area (Å²) in [5, 5.41) is 6.53. The van der Waals surface area contributed by atoms with Crippen LogP contribution in [-0.2, 0) is 12.1 Å². The number of anilines is 2. The summed E-state index contributed by atoms with van der Waals surface area (Å²) >= 11 is 0.789. The van der Waals surface area contributed by atoms with Crippen LogP contribution in [0.2, 0.25) is 0 Å². The zero-order valence-electron chi connectivity index (χ0n) is 20.5. The number of rotatable bonds is 7. The number of hydrogen-bond acceptors (Lipinski definition) is 11. The number of hydrogen-bond donors (Lipinski definition) is 2. The van der Waals surface area contributed by atoms with Crippen molar-refractivity contribution in [2.75, 3.05) is 5.32 Å². The first-order valence-corrected chi connectivity index (χ1v) is 12.5. The number of pyridine rings is 1. The fourth-order valence-corrected chi connectivity index (χ4v) is 6.23. The Morgan fingerprint density at radius 2 is 2.08 bits per heavy atom. The van der Waals surface area contributed by atoms with Gasteiger partial charge in [-0.15, -0.1) is 0 Å². The first-order valence-electron chi connectivity index (χ1n) is 11.7. The number of benzene rings is 1. The maximum Gasteiger partial charge on any atom is 0.264 e. The van der Waals surface area contributed by atoms with E-state index in [1.54, 1.807) is 13.0 Å². The highest BCUT2D eigenvalue weighted by Crippen LogP contribution is 2.68. The highest BCUT2D eigenvalue weighted by atomic mass is 32.2. The van der Waals surface area contributed by atoms with Crippen LogP contribution >= 0.6 is 11.8 Å². The first kappa shape index (κ1) is 25.3. The molecule has 0 spiro atoms. The molecule has 1 aliphatic carbocycles. The zero-order valence-corrected chi connectivity index (χ0v) is 21.3. The molecule has 1 fully saturated rings. The summed E-state index contributed by atoms with van der Waals surface area (Å²) < 4.78 is 66.8. The van der Waals surface area contributed by atoms with E-state index >= 15 is 4.39 Å². The Hall–Kier alpha value is -4.01. The molecule has 1 saturated carbocycles. The molecule has 2 aliphatic rings. The fraction of sp³-hybridized carbons (Fsp3) is 0.333. The van der Waals surface area contributed by atoms with Gasteiger partial charge in [-0.05, 0) is 32.4 Å². The van der Waals surface area contributed by atoms with Crippen molar-refractivity contribution >= 4 is 39.5 Å². The van der Waals surface area contributed by atoms with Crippen LogP contribution in [0, 0.1) is 24.5 Å². The van der Waals surface area contributed by atoms with Crippen LogP contribution in [0.5, 0.6) is 5.88 Å². The molecule has 0 bridgehead atoms. The minimum absolute atomic E-state index is 0.00698. The summed E-state index contributed by atoms with van der Waals surface area (Å²) in [6.07, 6.45) is 0.200. The van der Waals surface area contributed by atoms with Crippen LogP contribution in [0.1, 0.15) is 30.6 Å². The normalized spacial score (nSPS) is 24.0. The zero-order chi connectivity index (χ0) is 27.5. The predicted molar refractivity (Wildman–Crippen MR) is 134 cm³/mol. The lowest BCUT2D eigenvalue weighted by Gasteiger charge is -2.34. The molecule has 1 aliphatic heterocycles. The molecule has 3 aromatic heterocycles. The number of nitrogens with one attached hydrogen (secondary N) is 1. The number of thioether (sulfide) groups is 1. The second kappa shape index (κ2) is 9.03. The first-order chi connectivity index (χ1) is 18.6. The smallest absolute Gasteiger partial charge is 0.264 e. The van der Waals surface area contributed by atoms with Crippen molar-refractivity contribution in [3.8, 4) is 5.88 Å². The van der Waals surface area contributed by atoms with Gasteiger partial charge in [0, 0.05) is 29.4 Å². The fourth-order valence-electron chi connectivity index (χ4n) is 4.90. The van der Waals surface area contributed by atoms with Gasteiger partial charge < -0.3 is 20.3 Å². The maximum atomic E-state index is 15.1. The number of aliphatic imine (C=N–C) groups is 1. The van der Waals surface area contributed by atoms with Gasteiger partial charge in [0.05, 0.1) is 22.0 Å². The Morgan fingerprint density at radius 1 is 1.26 bits per heavy atom. The van der Waals surface area contributed by atoms with Gasteiger partial charge in [0.25, 0.3) is 12.3 Å². The highest BCUT2D eigenvalue weighted by molar-refractivity contribution is 8.15. The molecule has 0 unspecified atom stereocenters. The summed E-state index contributed by atoms with van der Waals surface area (Å²) in [7, 11) is 0. The molecule has 3 atom stereocenters. The van der Waals surface area contributed by atoms with Crippen LogP contribution in [0.25, 0.3) is 11.0 Å². The minimum atomic E-state index is -2.70. The van der Waals surface area contributed by atoms with Gasteiger partial charge in [-0.1, -0.05) is 16.9 Å². The van der Waals surface area contributed by atoms with E-state index in [4.69, 9.17) is 15.0 Å². The Bertz CT molecular complexity index is 1640. The number of nitrogens with two attached hydrogens (primary N) is 1. The van der Waals surface area contributed by atoms with E-state index in [1.807, 2.05) is 0 Å². The molecule has 6 rings (SSSR count). The van der Waals surface area contributed by atoms with Crippen LogP contribution in [0.15, 0.2) is 40.1 Å². The lowest BCUT2D eigenvalue weighted by Crippen LogP contribution is -2.39. The Labute approximate surface area is 222 Å². The average molecular weight is 561 g/mol. The molecule has 10 nitrogen and oxygen atoms in total. The molecule has 0 amide bonds. The second-order valence-corrected chi connectivity index (χ2v) is 10.8. The number of amidine groups is 1. The molecule has 4 heterocycles. The van der Waals surface area contributed by atoms with Gasteiger partial charge in [0.1, 0.15) is 5.52 Å². The van der Waals surface area contributed by atoms with Crippen LogP contribution < -0.4 is 15.8 Å². The van der Waals surface area contributed by atoms with Gasteiger partial charge in [-0.25, -0.2) is 32.5 Å². The van der Waals surface area contributed by atoms with E-state index in [-0.39, 0.29) is 47.0 Å². The molecule has 0 saturated heterocycles. The van der Waals surface area contributed by atoms with Crippen LogP contribution in [0.3, 0.4) is 0 Å². The number of aromatic nitrogens is 5. The number of ether oxygens (including phenoxy) is 1. The van der Waals surface area contributed by atoms with E-state index < -0.39 is 34.3 Å². The van der Waals surface area contributed by atoms with E-state index in [0.717, 1.165) is 17.8 Å². The molecule has 202 valence electrons. The van der Waals surface area contributed by atoms with Crippen molar-refractivity contribution in [2.45, 2.75) is 43.6 Å². The monoisotopic (exact) mass is 560 g/mol. The molecule has 4 aromatic rings. The number of nitrogens with zero attached hydrogens (tertiary/aromatic N) is 6. The van der Waals surface area contributed by atoms with E-state index in [0.29, 0.717) is 16.9 Å². The number of alkyl halides is 2. The molecule has 3 N–H and O–H groups in total. The third-order valence-corrected chi connectivity index (χ3v) is 8.13. The predicted octanol–water partition coefficient (Wildman–Crippen LogP) is 4.62. The number of halogens is 4. The van der Waals surface area contributed by atoms with Gasteiger partial charge >= 0.3 is 0 Å². The highest BCUT2D eigenvalue weighted by Gasteiger charge is 2.71. The summed E-state index contributed by atoms with van der Waals surface area (Å²) in [6.45, 7) is 3.17. The molecule has 15 heteroatoms. The Balaban J connectivity index is 1.30. The van der Waals surface area contributed by atoms with Crippen molar-refractivity contribution in [1.82, 2.24) is 25.1 Å². The lowest BCUT2D eigenvalue weighted by atomic mass is 9.85. The van der Waals surface area contributed by atoms with Gasteiger partial charge in [-0.2, -0.15) is 4.98 Å². The molecule has 39 heavy (non-hydrogen) atoms. The second-order valence-electron chi connectivity index (χ2n) is 9.42. The van der Waals surface area contributed by atoms with Crippen molar-refractivity contribution in [1.29, 1.82) is 0 Å². The van der Waals surface area contributed by atoms with E-state index in [9.17, 15) is 13.2 Å². The third kappa shape index (κ3) is 4.30. The van der Waals surface area contributed by atoms with Gasteiger partial charge in [0.15, 0.2) is 35.1 Å². The summed E-state index contributed by atoms with van der Waals surface area (Å²) in [5.74, 6) is -1.93. The van der Waals surface area contributed by atoms with Gasteiger partial charge in [0.2, 0.25) is 5.88 Å². The summed E-state index contributed by atoms with van der Waals surface area (Å²) in [4.78, 5) is 21.3. The van der Waals surface area contributed by atoms with E-state index in [2.05, 4.69) is 35.4 Å².